The predicted octanol–water partition coefficient (Wildman–Crippen LogP) is 4.38. The molecule has 0 spiro atoms. The van der Waals surface area contributed by atoms with Crippen LogP contribution in [0.4, 0.5) is 0 Å². The van der Waals surface area contributed by atoms with E-state index in [0.717, 1.165) is 23.1 Å². The Labute approximate surface area is 135 Å². The summed E-state index contributed by atoms with van der Waals surface area (Å²) >= 11 is 0. The standard InChI is InChI=1S/C19H25O2P/c1-5-19(4,16-8-6-7-9-17(16)21)22-18-11-10-13(2)12-15(18)14(3)20/h6-12,14,20-22H,5H2,1-4H3. The van der Waals surface area contributed by atoms with Crippen molar-refractivity contribution in [3.8, 4) is 5.75 Å². The first-order valence-electron chi connectivity index (χ1n) is 7.72. The van der Waals surface area contributed by atoms with Gasteiger partial charge in [0.05, 0.1) is 6.10 Å². The molecule has 2 N–H and O–H groups in total. The molecule has 22 heavy (non-hydrogen) atoms. The third-order valence-electron chi connectivity index (χ3n) is 4.27. The summed E-state index contributed by atoms with van der Waals surface area (Å²) in [7, 11) is 0.490. The van der Waals surface area contributed by atoms with E-state index in [1.165, 1.54) is 5.30 Å². The highest BCUT2D eigenvalue weighted by Crippen LogP contribution is 2.47. The fraction of sp³-hybridized carbons (Fsp3) is 0.368. The lowest BCUT2D eigenvalue weighted by molar-refractivity contribution is 0.200. The van der Waals surface area contributed by atoms with E-state index in [0.29, 0.717) is 14.3 Å². The summed E-state index contributed by atoms with van der Waals surface area (Å²) in [6.45, 7) is 8.19. The molecule has 0 amide bonds. The van der Waals surface area contributed by atoms with Gasteiger partial charge in [0.25, 0.3) is 0 Å². The first kappa shape index (κ1) is 17.0. The van der Waals surface area contributed by atoms with E-state index in [9.17, 15) is 10.2 Å². The molecule has 0 radical (unpaired) electrons. The summed E-state index contributed by atoms with van der Waals surface area (Å²) in [6.07, 6.45) is 0.448. The van der Waals surface area contributed by atoms with Gasteiger partial charge in [-0.05, 0) is 37.2 Å². The number of benzene rings is 2. The number of hydrogen-bond acceptors (Lipinski definition) is 2. The van der Waals surface area contributed by atoms with Crippen molar-refractivity contribution in [1.82, 2.24) is 0 Å². The molecule has 0 aliphatic carbocycles. The van der Waals surface area contributed by atoms with E-state index in [4.69, 9.17) is 0 Å². The van der Waals surface area contributed by atoms with Crippen molar-refractivity contribution in [3.63, 3.8) is 0 Å². The minimum absolute atomic E-state index is 0.135. The van der Waals surface area contributed by atoms with Crippen LogP contribution in [0.25, 0.3) is 0 Å². The Balaban J connectivity index is 2.45. The Hall–Kier alpha value is -1.37. The number of phenolic OH excluding ortho intramolecular Hbond substituents is 1. The SMILES string of the molecule is CCC(C)(Pc1ccc(C)cc1C(C)O)c1ccccc1O. The molecule has 0 fully saturated rings. The maximum atomic E-state index is 10.2. The molecule has 2 aromatic rings. The van der Waals surface area contributed by atoms with Crippen LogP contribution in [0, 0.1) is 6.92 Å². The van der Waals surface area contributed by atoms with E-state index in [2.05, 4.69) is 32.0 Å². The van der Waals surface area contributed by atoms with E-state index in [1.54, 1.807) is 6.07 Å². The van der Waals surface area contributed by atoms with Crippen LogP contribution in [-0.4, -0.2) is 10.2 Å². The molecule has 0 saturated carbocycles. The third kappa shape index (κ3) is 3.51. The first-order chi connectivity index (χ1) is 10.4. The molecule has 0 aromatic heterocycles. The molecule has 0 bridgehead atoms. The van der Waals surface area contributed by atoms with Crippen LogP contribution in [0.15, 0.2) is 42.5 Å². The van der Waals surface area contributed by atoms with Crippen molar-refractivity contribution < 1.29 is 10.2 Å². The fourth-order valence-electron chi connectivity index (χ4n) is 2.73. The Bertz CT molecular complexity index is 652. The molecular formula is C19H25O2P. The zero-order valence-corrected chi connectivity index (χ0v) is 14.7. The number of aryl methyl sites for hydroxylation is 1. The van der Waals surface area contributed by atoms with Gasteiger partial charge in [0.1, 0.15) is 5.75 Å². The van der Waals surface area contributed by atoms with Crippen LogP contribution in [0.3, 0.4) is 0 Å². The van der Waals surface area contributed by atoms with Crippen LogP contribution < -0.4 is 5.30 Å². The minimum Gasteiger partial charge on any atom is -0.508 e. The molecule has 118 valence electrons. The summed E-state index contributed by atoms with van der Waals surface area (Å²) in [5, 5.41) is 21.4. The number of phenols is 1. The average Bonchev–Trinajstić information content (AvgIpc) is 2.49. The van der Waals surface area contributed by atoms with Crippen molar-refractivity contribution in [2.75, 3.05) is 0 Å². The Morgan fingerprint density at radius 3 is 2.45 bits per heavy atom. The highest BCUT2D eigenvalue weighted by Gasteiger charge is 2.29. The molecule has 0 heterocycles. The predicted molar refractivity (Wildman–Crippen MR) is 95.5 cm³/mol. The molecule has 0 saturated heterocycles. The van der Waals surface area contributed by atoms with E-state index >= 15 is 0 Å². The van der Waals surface area contributed by atoms with Gasteiger partial charge in [-0.15, -0.1) is 0 Å². The van der Waals surface area contributed by atoms with E-state index in [1.807, 2.05) is 32.0 Å². The monoisotopic (exact) mass is 316 g/mol. The highest BCUT2D eigenvalue weighted by molar-refractivity contribution is 7.48. The van der Waals surface area contributed by atoms with Crippen LogP contribution in [0.5, 0.6) is 5.75 Å². The summed E-state index contributed by atoms with van der Waals surface area (Å²) in [5.41, 5.74) is 3.13. The maximum absolute atomic E-state index is 10.2. The van der Waals surface area contributed by atoms with Crippen LogP contribution in [0.1, 0.15) is 50.0 Å². The summed E-state index contributed by atoms with van der Waals surface area (Å²) in [6, 6.07) is 13.8. The van der Waals surface area contributed by atoms with Gasteiger partial charge in [0, 0.05) is 10.7 Å². The Morgan fingerprint density at radius 1 is 1.18 bits per heavy atom. The number of hydrogen-bond donors (Lipinski definition) is 2. The van der Waals surface area contributed by atoms with E-state index < -0.39 is 6.10 Å². The van der Waals surface area contributed by atoms with E-state index in [-0.39, 0.29) is 5.16 Å². The molecule has 3 unspecified atom stereocenters. The minimum atomic E-state index is -0.479. The number of rotatable bonds is 5. The Morgan fingerprint density at radius 2 is 1.86 bits per heavy atom. The van der Waals surface area contributed by atoms with Gasteiger partial charge in [0.15, 0.2) is 0 Å². The molecule has 2 aromatic carbocycles. The number of aliphatic hydroxyl groups excluding tert-OH is 1. The molecule has 0 aliphatic rings. The number of aromatic hydroxyl groups is 1. The van der Waals surface area contributed by atoms with Crippen molar-refractivity contribution in [2.45, 2.75) is 45.4 Å². The number of para-hydroxylation sites is 1. The zero-order valence-electron chi connectivity index (χ0n) is 13.7. The average molecular weight is 316 g/mol. The van der Waals surface area contributed by atoms with Crippen LogP contribution in [0.2, 0.25) is 0 Å². The molecule has 3 atom stereocenters. The van der Waals surface area contributed by atoms with Crippen molar-refractivity contribution >= 4 is 13.9 Å². The highest BCUT2D eigenvalue weighted by atomic mass is 31.1. The van der Waals surface area contributed by atoms with Gasteiger partial charge < -0.3 is 10.2 Å². The van der Waals surface area contributed by atoms with Crippen LogP contribution in [-0.2, 0) is 5.16 Å². The third-order valence-corrected chi connectivity index (χ3v) is 6.17. The topological polar surface area (TPSA) is 40.5 Å². The van der Waals surface area contributed by atoms with Crippen molar-refractivity contribution in [3.05, 3.63) is 59.2 Å². The molecular weight excluding hydrogens is 291 g/mol. The van der Waals surface area contributed by atoms with Gasteiger partial charge in [0.2, 0.25) is 0 Å². The fourth-order valence-corrected chi connectivity index (χ4v) is 4.43. The lowest BCUT2D eigenvalue weighted by atomic mass is 9.96. The summed E-state index contributed by atoms with van der Waals surface area (Å²) in [5.74, 6) is 0.352. The second-order valence-electron chi connectivity index (χ2n) is 6.09. The van der Waals surface area contributed by atoms with Gasteiger partial charge in [-0.25, -0.2) is 0 Å². The normalized spacial score (nSPS) is 15.9. The van der Waals surface area contributed by atoms with Crippen molar-refractivity contribution in [2.24, 2.45) is 0 Å². The maximum Gasteiger partial charge on any atom is 0.119 e. The van der Waals surface area contributed by atoms with Crippen molar-refractivity contribution in [1.29, 1.82) is 0 Å². The smallest absolute Gasteiger partial charge is 0.119 e. The van der Waals surface area contributed by atoms with Gasteiger partial charge in [-0.2, -0.15) is 0 Å². The summed E-state index contributed by atoms with van der Waals surface area (Å²) < 4.78 is 0. The lowest BCUT2D eigenvalue weighted by Gasteiger charge is -2.31. The molecule has 2 rings (SSSR count). The summed E-state index contributed by atoms with van der Waals surface area (Å²) in [4.78, 5) is 0. The van der Waals surface area contributed by atoms with Gasteiger partial charge in [-0.3, -0.25) is 0 Å². The Kier molecular flexibility index (Phi) is 5.26. The molecule has 0 aliphatic heterocycles. The lowest BCUT2D eigenvalue weighted by Crippen LogP contribution is -2.21. The van der Waals surface area contributed by atoms with Gasteiger partial charge >= 0.3 is 0 Å². The zero-order chi connectivity index (χ0) is 16.3. The van der Waals surface area contributed by atoms with Crippen LogP contribution >= 0.6 is 8.58 Å². The van der Waals surface area contributed by atoms with Gasteiger partial charge in [-0.1, -0.05) is 64.4 Å². The second kappa shape index (κ2) is 6.81. The molecule has 3 heteroatoms. The first-order valence-corrected chi connectivity index (χ1v) is 8.72. The largest absolute Gasteiger partial charge is 0.508 e. The second-order valence-corrected chi connectivity index (χ2v) is 7.99. The molecule has 2 nitrogen and oxygen atoms in total. The number of aliphatic hydroxyl groups is 1. The quantitative estimate of drug-likeness (QED) is 0.804.